The van der Waals surface area contributed by atoms with Crippen LogP contribution in [0.2, 0.25) is 0 Å². The Morgan fingerprint density at radius 2 is 1.50 bits per heavy atom. The average molecular weight is 381 g/mol. The maximum Gasteiger partial charge on any atom is 1.00 e. The Bertz CT molecular complexity index is 335. The van der Waals surface area contributed by atoms with Gasteiger partial charge in [-0.15, -0.1) is 0 Å². The van der Waals surface area contributed by atoms with Crippen LogP contribution in [0.25, 0.3) is 0 Å². The number of unbranched alkanes of at least 4 members (excludes halogenated alkanes) is 4. The smallest absolute Gasteiger partial charge is 0.550 e. The third kappa shape index (κ3) is 21.9. The van der Waals surface area contributed by atoms with E-state index in [1.807, 2.05) is 4.90 Å². The maximum atomic E-state index is 10.6. The van der Waals surface area contributed by atoms with Crippen LogP contribution in [0.1, 0.15) is 71.6 Å². The van der Waals surface area contributed by atoms with Gasteiger partial charge in [-0.3, -0.25) is 4.79 Å². The van der Waals surface area contributed by atoms with Gasteiger partial charge in [-0.05, 0) is 25.2 Å². The number of carboxylic acids is 2. The Morgan fingerprint density at radius 3 is 2.12 bits per heavy atom. The molecule has 0 spiro atoms. The van der Waals surface area contributed by atoms with Crippen molar-refractivity contribution in [3.8, 4) is 0 Å². The van der Waals surface area contributed by atoms with Crippen molar-refractivity contribution in [2.24, 2.45) is 5.92 Å². The molecule has 0 rings (SSSR count). The Hall–Kier alpha value is -0.140. The fourth-order valence-electron chi connectivity index (χ4n) is 2.62. The Labute approximate surface area is 181 Å². The van der Waals surface area contributed by atoms with E-state index in [2.05, 4.69) is 13.8 Å². The van der Waals surface area contributed by atoms with Crippen LogP contribution in [0.5, 0.6) is 0 Å². The molecule has 0 aromatic carbocycles. The second kappa shape index (κ2) is 19.6. The largest absolute Gasteiger partial charge is 1.00 e. The number of carbonyl (C=O) groups excluding carboxylic acids is 1. The number of rotatable bonds is 18. The van der Waals surface area contributed by atoms with Crippen molar-refractivity contribution in [3.05, 3.63) is 0 Å². The molecular formula is C19H36NNaO5. The van der Waals surface area contributed by atoms with Crippen LogP contribution >= 0.6 is 0 Å². The van der Waals surface area contributed by atoms with Crippen molar-refractivity contribution in [2.45, 2.75) is 71.6 Å². The third-order valence-corrected chi connectivity index (χ3v) is 4.11. The first-order valence-electron chi connectivity index (χ1n) is 9.63. The van der Waals surface area contributed by atoms with Crippen molar-refractivity contribution >= 4 is 11.9 Å². The Balaban J connectivity index is 0. The molecule has 26 heavy (non-hydrogen) atoms. The molecule has 0 saturated carbocycles. The maximum absolute atomic E-state index is 10.6. The average Bonchev–Trinajstić information content (AvgIpc) is 2.53. The zero-order valence-corrected chi connectivity index (χ0v) is 19.0. The summed E-state index contributed by atoms with van der Waals surface area (Å²) in [4.78, 5) is 23.0. The number of hydrogen-bond donors (Lipinski definition) is 1. The molecule has 0 saturated heterocycles. The summed E-state index contributed by atoms with van der Waals surface area (Å²) in [6.45, 7) is 7.24. The van der Waals surface area contributed by atoms with E-state index in [-0.39, 0.29) is 42.4 Å². The molecule has 148 valence electrons. The zero-order chi connectivity index (χ0) is 18.9. The number of aliphatic carboxylic acids is 2. The van der Waals surface area contributed by atoms with Gasteiger partial charge in [0, 0.05) is 38.8 Å². The van der Waals surface area contributed by atoms with Crippen molar-refractivity contribution in [2.75, 3.05) is 32.8 Å². The van der Waals surface area contributed by atoms with Crippen LogP contribution in [0.3, 0.4) is 0 Å². The SMILES string of the molecule is CC(C)CCCCCCCOCCCN(CCC(=O)[O-])CCC(=O)O.[Na+]. The van der Waals surface area contributed by atoms with E-state index < -0.39 is 11.9 Å². The number of carbonyl (C=O) groups is 2. The summed E-state index contributed by atoms with van der Waals surface area (Å²) in [7, 11) is 0. The topological polar surface area (TPSA) is 89.9 Å². The summed E-state index contributed by atoms with van der Waals surface area (Å²) in [6, 6.07) is 0. The van der Waals surface area contributed by atoms with Crippen LogP contribution in [-0.4, -0.2) is 54.8 Å². The molecule has 0 amide bonds. The number of hydrogen-bond acceptors (Lipinski definition) is 5. The molecule has 0 aliphatic heterocycles. The third-order valence-electron chi connectivity index (χ3n) is 4.11. The van der Waals surface area contributed by atoms with E-state index in [1.54, 1.807) is 0 Å². The van der Waals surface area contributed by atoms with Crippen LogP contribution in [0.15, 0.2) is 0 Å². The zero-order valence-electron chi connectivity index (χ0n) is 17.0. The number of nitrogens with zero attached hydrogens (tertiary/aromatic N) is 1. The van der Waals surface area contributed by atoms with E-state index in [0.717, 1.165) is 25.4 Å². The molecular weight excluding hydrogens is 345 g/mol. The molecule has 0 bridgehead atoms. The van der Waals surface area contributed by atoms with E-state index in [9.17, 15) is 14.7 Å². The van der Waals surface area contributed by atoms with E-state index in [0.29, 0.717) is 26.2 Å². The Morgan fingerprint density at radius 1 is 0.923 bits per heavy atom. The van der Waals surface area contributed by atoms with Gasteiger partial charge < -0.3 is 24.6 Å². The van der Waals surface area contributed by atoms with Crippen molar-refractivity contribution < 1.29 is 54.1 Å². The first-order valence-corrected chi connectivity index (χ1v) is 9.63. The van der Waals surface area contributed by atoms with E-state index in [1.165, 1.54) is 32.1 Å². The Kier molecular flexibility index (Phi) is 21.2. The number of ether oxygens (including phenoxy) is 1. The summed E-state index contributed by atoms with van der Waals surface area (Å²) in [5, 5.41) is 19.3. The quantitative estimate of drug-likeness (QED) is 0.250. The van der Waals surface area contributed by atoms with Gasteiger partial charge in [0.25, 0.3) is 0 Å². The second-order valence-corrected chi connectivity index (χ2v) is 7.02. The summed E-state index contributed by atoms with van der Waals surface area (Å²) in [5.41, 5.74) is 0. The van der Waals surface area contributed by atoms with Crippen molar-refractivity contribution in [3.63, 3.8) is 0 Å². The minimum absolute atomic E-state index is 0. The number of carboxylic acid groups (broad SMARTS) is 2. The fourth-order valence-corrected chi connectivity index (χ4v) is 2.62. The molecule has 0 fully saturated rings. The van der Waals surface area contributed by atoms with Gasteiger partial charge in [0.2, 0.25) is 0 Å². The van der Waals surface area contributed by atoms with Crippen LogP contribution in [0.4, 0.5) is 0 Å². The van der Waals surface area contributed by atoms with E-state index in [4.69, 9.17) is 9.84 Å². The molecule has 0 unspecified atom stereocenters. The van der Waals surface area contributed by atoms with Crippen LogP contribution < -0.4 is 34.7 Å². The van der Waals surface area contributed by atoms with Crippen LogP contribution in [-0.2, 0) is 14.3 Å². The molecule has 1 N–H and O–H groups in total. The molecule has 0 aliphatic rings. The predicted molar refractivity (Wildman–Crippen MR) is 96.3 cm³/mol. The van der Waals surface area contributed by atoms with Gasteiger partial charge in [0.15, 0.2) is 0 Å². The monoisotopic (exact) mass is 381 g/mol. The van der Waals surface area contributed by atoms with Gasteiger partial charge in [0.1, 0.15) is 0 Å². The summed E-state index contributed by atoms with van der Waals surface area (Å²) in [5.74, 6) is -1.18. The van der Waals surface area contributed by atoms with Gasteiger partial charge in [-0.1, -0.05) is 46.0 Å². The van der Waals surface area contributed by atoms with Gasteiger partial charge >= 0.3 is 35.5 Å². The van der Waals surface area contributed by atoms with Gasteiger partial charge in [-0.2, -0.15) is 0 Å². The molecule has 0 aromatic rings. The minimum Gasteiger partial charge on any atom is -0.550 e. The standard InChI is InChI=1S/C19H37NO5.Na/c1-17(2)9-6-4-3-5-7-15-25-16-8-12-20(13-10-18(21)22)14-11-19(23)24;/h17H,3-16H2,1-2H3,(H,21,22)(H,23,24);/q;+1/p-1. The predicted octanol–water partition coefficient (Wildman–Crippen LogP) is -0.690. The molecule has 6 nitrogen and oxygen atoms in total. The fraction of sp³-hybridized carbons (Fsp3) is 0.895. The first-order chi connectivity index (χ1) is 11.9. The molecule has 7 heteroatoms. The molecule has 0 atom stereocenters. The van der Waals surface area contributed by atoms with Gasteiger partial charge in [0.05, 0.1) is 6.42 Å². The molecule has 0 radical (unpaired) electrons. The normalized spacial score (nSPS) is 10.9. The van der Waals surface area contributed by atoms with E-state index >= 15 is 0 Å². The van der Waals surface area contributed by atoms with Gasteiger partial charge in [-0.25, -0.2) is 0 Å². The second-order valence-electron chi connectivity index (χ2n) is 7.02. The van der Waals surface area contributed by atoms with Crippen molar-refractivity contribution in [1.29, 1.82) is 0 Å². The van der Waals surface area contributed by atoms with Crippen molar-refractivity contribution in [1.82, 2.24) is 4.90 Å². The minimum atomic E-state index is -1.11. The summed E-state index contributed by atoms with van der Waals surface area (Å²) >= 11 is 0. The molecule has 0 aliphatic carbocycles. The molecule has 0 heterocycles. The van der Waals surface area contributed by atoms with Crippen LogP contribution in [0, 0.1) is 5.92 Å². The first kappa shape index (κ1) is 28.1. The molecule has 0 aromatic heterocycles. The summed E-state index contributed by atoms with van der Waals surface area (Å²) in [6.07, 6.45) is 8.20. The summed E-state index contributed by atoms with van der Waals surface area (Å²) < 4.78 is 5.61.